The quantitative estimate of drug-likeness (QED) is 0.535. The Morgan fingerprint density at radius 1 is 1.08 bits per heavy atom. The van der Waals surface area contributed by atoms with Crippen molar-refractivity contribution < 1.29 is 4.79 Å². The molecule has 0 aromatic heterocycles. The van der Waals surface area contributed by atoms with Crippen LogP contribution in [0.25, 0.3) is 0 Å². The molecule has 0 bridgehead atoms. The first-order valence-corrected chi connectivity index (χ1v) is 10.3. The lowest BCUT2D eigenvalue weighted by molar-refractivity contribution is -0.146. The van der Waals surface area contributed by atoms with E-state index in [1.54, 1.807) is 12.5 Å². The first-order valence-electron chi connectivity index (χ1n) is 10.3. The van der Waals surface area contributed by atoms with E-state index in [1.807, 2.05) is 0 Å². The van der Waals surface area contributed by atoms with Crippen molar-refractivity contribution >= 4 is 5.78 Å². The van der Waals surface area contributed by atoms with Gasteiger partial charge in [0.1, 0.15) is 5.78 Å². The van der Waals surface area contributed by atoms with Crippen molar-refractivity contribution in [2.24, 2.45) is 34.0 Å². The van der Waals surface area contributed by atoms with Crippen LogP contribution in [0.15, 0.2) is 11.6 Å². The second-order valence-electron chi connectivity index (χ2n) is 10.5. The lowest BCUT2D eigenvalue weighted by Gasteiger charge is -2.65. The summed E-state index contributed by atoms with van der Waals surface area (Å²) >= 11 is 0. The normalized spacial score (nSPS) is 44.2. The van der Waals surface area contributed by atoms with Gasteiger partial charge >= 0.3 is 0 Å². The third-order valence-corrected chi connectivity index (χ3v) is 8.65. The lowest BCUT2D eigenvalue weighted by Crippen LogP contribution is -2.57. The van der Waals surface area contributed by atoms with Crippen molar-refractivity contribution in [3.63, 3.8) is 0 Å². The third kappa shape index (κ3) is 2.71. The van der Waals surface area contributed by atoms with Crippen molar-refractivity contribution in [3.05, 3.63) is 11.6 Å². The lowest BCUT2D eigenvalue weighted by atomic mass is 9.39. The second-order valence-corrected chi connectivity index (χ2v) is 10.5. The molecule has 136 valence electrons. The van der Waals surface area contributed by atoms with Gasteiger partial charge in [0.25, 0.3) is 0 Å². The Bertz CT molecular complexity index is 542. The summed E-state index contributed by atoms with van der Waals surface area (Å²) in [6, 6.07) is 0. The molecule has 3 aliphatic rings. The fraction of sp³-hybridized carbons (Fsp3) is 0.870. The average molecular weight is 331 g/mol. The summed E-state index contributed by atoms with van der Waals surface area (Å²) in [6.07, 6.45) is 12.6. The third-order valence-electron chi connectivity index (χ3n) is 8.65. The molecule has 0 heterocycles. The number of allylic oxidation sites excluding steroid dienone is 2. The van der Waals surface area contributed by atoms with E-state index in [0.717, 1.165) is 24.7 Å². The van der Waals surface area contributed by atoms with E-state index in [1.165, 1.54) is 38.5 Å². The summed E-state index contributed by atoms with van der Waals surface area (Å²) in [5.74, 6) is 2.64. The number of carbonyl (C=O) groups excluding carboxylic acids is 1. The maximum Gasteiger partial charge on any atom is 0.129 e. The highest BCUT2D eigenvalue weighted by Gasteiger charge is 2.60. The van der Waals surface area contributed by atoms with E-state index in [0.29, 0.717) is 27.9 Å². The first kappa shape index (κ1) is 18.2. The van der Waals surface area contributed by atoms with Gasteiger partial charge in [-0.3, -0.25) is 0 Å². The Morgan fingerprint density at radius 3 is 2.46 bits per heavy atom. The van der Waals surface area contributed by atoms with Gasteiger partial charge in [0.05, 0.1) is 0 Å². The Morgan fingerprint density at radius 2 is 1.79 bits per heavy atom. The molecular weight excluding hydrogens is 292 g/mol. The first-order chi connectivity index (χ1) is 11.1. The van der Waals surface area contributed by atoms with Crippen LogP contribution >= 0.6 is 0 Å². The predicted octanol–water partition coefficient (Wildman–Crippen LogP) is 6.57. The SMILES string of the molecule is CC(=O)CC[C@@H]1C(C)=CC[C@H]2[C@@]1(C)CCC1C(C)(C)CCC[C@@]12C. The molecule has 0 amide bonds. The molecule has 0 aromatic carbocycles. The second kappa shape index (κ2) is 5.99. The summed E-state index contributed by atoms with van der Waals surface area (Å²) < 4.78 is 0. The average Bonchev–Trinajstić information content (AvgIpc) is 2.44. The molecule has 2 fully saturated rings. The topological polar surface area (TPSA) is 17.1 Å². The molecule has 0 aliphatic heterocycles. The number of Topliss-reactive ketones (excluding diaryl/α,β-unsaturated/α-hetero) is 1. The molecule has 24 heavy (non-hydrogen) atoms. The van der Waals surface area contributed by atoms with Crippen LogP contribution in [0.3, 0.4) is 0 Å². The monoisotopic (exact) mass is 330 g/mol. The molecule has 1 nitrogen and oxygen atoms in total. The van der Waals surface area contributed by atoms with Gasteiger partial charge in [0.2, 0.25) is 0 Å². The van der Waals surface area contributed by atoms with Crippen molar-refractivity contribution in [2.75, 3.05) is 0 Å². The number of fused-ring (bicyclic) bond motifs is 3. The number of hydrogen-bond acceptors (Lipinski definition) is 1. The van der Waals surface area contributed by atoms with E-state index in [-0.39, 0.29) is 0 Å². The number of ketones is 1. The van der Waals surface area contributed by atoms with E-state index in [9.17, 15) is 4.79 Å². The van der Waals surface area contributed by atoms with Crippen LogP contribution in [0, 0.1) is 34.0 Å². The number of hydrogen-bond donors (Lipinski definition) is 0. The van der Waals surface area contributed by atoms with Crippen LogP contribution in [0.5, 0.6) is 0 Å². The van der Waals surface area contributed by atoms with E-state index in [4.69, 9.17) is 0 Å². The number of rotatable bonds is 3. The van der Waals surface area contributed by atoms with Gasteiger partial charge in [-0.25, -0.2) is 0 Å². The van der Waals surface area contributed by atoms with Gasteiger partial charge in [-0.2, -0.15) is 0 Å². The Balaban J connectivity index is 1.95. The van der Waals surface area contributed by atoms with Gasteiger partial charge in [-0.05, 0) is 86.4 Å². The van der Waals surface area contributed by atoms with Gasteiger partial charge in [0, 0.05) is 6.42 Å². The highest BCUT2D eigenvalue weighted by molar-refractivity contribution is 5.75. The van der Waals surface area contributed by atoms with Crippen LogP contribution in [0.4, 0.5) is 0 Å². The summed E-state index contributed by atoms with van der Waals surface area (Å²) in [7, 11) is 0. The van der Waals surface area contributed by atoms with Gasteiger partial charge in [0.15, 0.2) is 0 Å². The van der Waals surface area contributed by atoms with E-state index < -0.39 is 0 Å². The molecular formula is C23H38O. The van der Waals surface area contributed by atoms with Crippen molar-refractivity contribution in [1.29, 1.82) is 0 Å². The van der Waals surface area contributed by atoms with E-state index in [2.05, 4.69) is 40.7 Å². The van der Waals surface area contributed by atoms with Crippen LogP contribution in [0.1, 0.15) is 92.9 Å². The minimum Gasteiger partial charge on any atom is -0.300 e. The number of carbonyl (C=O) groups is 1. The smallest absolute Gasteiger partial charge is 0.129 e. The Hall–Kier alpha value is -0.590. The maximum atomic E-state index is 11.6. The molecule has 0 saturated heterocycles. The van der Waals surface area contributed by atoms with E-state index >= 15 is 0 Å². The highest BCUT2D eigenvalue weighted by Crippen LogP contribution is 2.68. The molecule has 3 aliphatic carbocycles. The van der Waals surface area contributed by atoms with Crippen LogP contribution in [0.2, 0.25) is 0 Å². The summed E-state index contributed by atoms with van der Waals surface area (Å²) in [4.78, 5) is 11.6. The summed E-state index contributed by atoms with van der Waals surface area (Å²) in [6.45, 7) is 14.3. The summed E-state index contributed by atoms with van der Waals surface area (Å²) in [5.41, 5.74) is 2.94. The van der Waals surface area contributed by atoms with Crippen molar-refractivity contribution in [1.82, 2.24) is 0 Å². The fourth-order valence-electron chi connectivity index (χ4n) is 7.51. The van der Waals surface area contributed by atoms with Gasteiger partial charge in [-0.15, -0.1) is 0 Å². The fourth-order valence-corrected chi connectivity index (χ4v) is 7.51. The summed E-state index contributed by atoms with van der Waals surface area (Å²) in [5, 5.41) is 0. The molecule has 5 atom stereocenters. The molecule has 0 N–H and O–H groups in total. The van der Waals surface area contributed by atoms with Crippen molar-refractivity contribution in [2.45, 2.75) is 92.9 Å². The predicted molar refractivity (Wildman–Crippen MR) is 102 cm³/mol. The Labute approximate surface area is 149 Å². The van der Waals surface area contributed by atoms with Crippen LogP contribution < -0.4 is 0 Å². The molecule has 0 spiro atoms. The molecule has 1 heteroatoms. The largest absolute Gasteiger partial charge is 0.300 e. The van der Waals surface area contributed by atoms with Crippen LogP contribution in [-0.4, -0.2) is 5.78 Å². The zero-order valence-corrected chi connectivity index (χ0v) is 16.9. The highest BCUT2D eigenvalue weighted by atomic mass is 16.1. The molecule has 3 rings (SSSR count). The van der Waals surface area contributed by atoms with Gasteiger partial charge in [-0.1, -0.05) is 45.8 Å². The van der Waals surface area contributed by atoms with Crippen LogP contribution in [-0.2, 0) is 4.79 Å². The molecule has 0 aromatic rings. The van der Waals surface area contributed by atoms with Crippen molar-refractivity contribution in [3.8, 4) is 0 Å². The maximum absolute atomic E-state index is 11.6. The minimum atomic E-state index is 0.354. The minimum absolute atomic E-state index is 0.354. The van der Waals surface area contributed by atoms with Gasteiger partial charge < -0.3 is 4.79 Å². The standard InChI is InChI=1S/C23H38O/c1-16-8-11-20-22(5,18(16)10-9-17(2)24)15-12-19-21(3,4)13-7-14-23(19,20)6/h8,18-20H,7,9-15H2,1-6H3/t18-,19?,20+,22+,23+/m1/s1. The molecule has 1 unspecified atom stereocenters. The zero-order valence-electron chi connectivity index (χ0n) is 16.9. The Kier molecular flexibility index (Phi) is 4.54. The molecule has 2 saturated carbocycles. The zero-order chi connectivity index (χ0) is 17.8. The molecule has 0 radical (unpaired) electrons.